The summed E-state index contributed by atoms with van der Waals surface area (Å²) >= 11 is 1.90. The van der Waals surface area contributed by atoms with Gasteiger partial charge in [-0.3, -0.25) is 0 Å². The van der Waals surface area contributed by atoms with Crippen LogP contribution in [0, 0.1) is 0 Å². The van der Waals surface area contributed by atoms with Gasteiger partial charge in [0, 0.05) is 24.6 Å². The summed E-state index contributed by atoms with van der Waals surface area (Å²) < 4.78 is 5.73. The molecule has 0 spiro atoms. The van der Waals surface area contributed by atoms with E-state index < -0.39 is 0 Å². The normalized spacial score (nSPS) is 17.2. The van der Waals surface area contributed by atoms with Crippen molar-refractivity contribution in [3.8, 4) is 5.75 Å². The minimum atomic E-state index is -0.00525. The van der Waals surface area contributed by atoms with Crippen LogP contribution in [-0.4, -0.2) is 35.1 Å². The maximum absolute atomic E-state index is 12.8. The van der Waals surface area contributed by atoms with Gasteiger partial charge in [0.2, 0.25) is 0 Å². The summed E-state index contributed by atoms with van der Waals surface area (Å²) in [4.78, 5) is 14.8. The van der Waals surface area contributed by atoms with Crippen LogP contribution >= 0.6 is 11.8 Å². The maximum atomic E-state index is 12.8. The van der Waals surface area contributed by atoms with E-state index in [2.05, 4.69) is 17.4 Å². The average molecular weight is 371 g/mol. The lowest BCUT2D eigenvalue weighted by molar-refractivity contribution is 0.182. The third-order valence-corrected chi connectivity index (χ3v) is 5.31. The Morgan fingerprint density at radius 3 is 2.81 bits per heavy atom. The molecular formula is C21H26N2O2S. The molecular weight excluding hydrogens is 344 g/mol. The second-order valence-corrected chi connectivity index (χ2v) is 7.82. The molecule has 3 rings (SSSR count). The first kappa shape index (κ1) is 18.6. The molecule has 1 aliphatic rings. The van der Waals surface area contributed by atoms with Gasteiger partial charge in [-0.15, -0.1) is 0 Å². The minimum Gasteiger partial charge on any atom is -0.491 e. The Hall–Kier alpha value is -2.14. The van der Waals surface area contributed by atoms with Gasteiger partial charge >= 0.3 is 6.03 Å². The van der Waals surface area contributed by atoms with Gasteiger partial charge in [0.15, 0.2) is 0 Å². The summed E-state index contributed by atoms with van der Waals surface area (Å²) in [7, 11) is 0. The van der Waals surface area contributed by atoms with Crippen LogP contribution in [0.25, 0.3) is 0 Å². The third-order valence-electron chi connectivity index (χ3n) is 4.29. The number of benzene rings is 2. The van der Waals surface area contributed by atoms with Crippen LogP contribution in [0.15, 0.2) is 54.6 Å². The highest BCUT2D eigenvalue weighted by Crippen LogP contribution is 2.29. The Labute approximate surface area is 159 Å². The van der Waals surface area contributed by atoms with E-state index in [9.17, 15) is 4.79 Å². The van der Waals surface area contributed by atoms with Crippen molar-refractivity contribution >= 4 is 17.8 Å². The van der Waals surface area contributed by atoms with Gasteiger partial charge in [-0.05, 0) is 37.1 Å². The van der Waals surface area contributed by atoms with Crippen LogP contribution in [0.2, 0.25) is 0 Å². The number of urea groups is 1. The van der Waals surface area contributed by atoms with Crippen molar-refractivity contribution < 1.29 is 9.53 Å². The first-order valence-corrected chi connectivity index (χ1v) is 10.2. The Morgan fingerprint density at radius 2 is 2.04 bits per heavy atom. The van der Waals surface area contributed by atoms with Gasteiger partial charge in [-0.2, -0.15) is 11.8 Å². The van der Waals surface area contributed by atoms with E-state index in [1.54, 1.807) is 0 Å². The highest BCUT2D eigenvalue weighted by molar-refractivity contribution is 7.99. The predicted molar refractivity (Wildman–Crippen MR) is 108 cm³/mol. The van der Waals surface area contributed by atoms with Gasteiger partial charge in [0.1, 0.15) is 5.75 Å². The number of ether oxygens (including phenoxy) is 1. The van der Waals surface area contributed by atoms with E-state index in [0.717, 1.165) is 29.4 Å². The Kier molecular flexibility index (Phi) is 6.45. The number of carbonyl (C=O) groups is 1. The average Bonchev–Trinajstić information content (AvgIpc) is 2.66. The van der Waals surface area contributed by atoms with Gasteiger partial charge in [-0.1, -0.05) is 42.5 Å². The van der Waals surface area contributed by atoms with E-state index >= 15 is 0 Å². The number of rotatable bonds is 5. The summed E-state index contributed by atoms with van der Waals surface area (Å²) in [5.74, 6) is 2.76. The van der Waals surface area contributed by atoms with Crippen molar-refractivity contribution in [2.24, 2.45) is 0 Å². The smallest absolute Gasteiger partial charge is 0.318 e. The van der Waals surface area contributed by atoms with Gasteiger partial charge in [0.05, 0.1) is 12.1 Å². The molecule has 1 aliphatic heterocycles. The molecule has 0 aromatic heterocycles. The maximum Gasteiger partial charge on any atom is 0.318 e. The lowest BCUT2D eigenvalue weighted by atomic mass is 10.1. The summed E-state index contributed by atoms with van der Waals surface area (Å²) in [6.07, 6.45) is 0.136. The molecule has 26 heavy (non-hydrogen) atoms. The fourth-order valence-electron chi connectivity index (χ4n) is 3.08. The number of nitrogens with one attached hydrogen (secondary N) is 1. The van der Waals surface area contributed by atoms with Crippen molar-refractivity contribution in [2.75, 3.05) is 18.1 Å². The molecule has 1 saturated heterocycles. The number of thioether (sulfide) groups is 1. The Balaban J connectivity index is 1.63. The molecule has 0 radical (unpaired) electrons. The van der Waals surface area contributed by atoms with E-state index in [1.165, 1.54) is 5.56 Å². The van der Waals surface area contributed by atoms with E-state index in [-0.39, 0.29) is 18.2 Å². The second kappa shape index (κ2) is 8.99. The van der Waals surface area contributed by atoms with Gasteiger partial charge in [0.25, 0.3) is 0 Å². The number of hydrogen-bond acceptors (Lipinski definition) is 3. The van der Waals surface area contributed by atoms with Gasteiger partial charge < -0.3 is 15.0 Å². The van der Waals surface area contributed by atoms with Crippen molar-refractivity contribution in [1.82, 2.24) is 10.2 Å². The Morgan fingerprint density at radius 1 is 1.23 bits per heavy atom. The molecule has 2 aromatic rings. The summed E-state index contributed by atoms with van der Waals surface area (Å²) in [5.41, 5.74) is 2.24. The predicted octanol–water partition coefficient (Wildman–Crippen LogP) is 4.47. The van der Waals surface area contributed by atoms with Crippen molar-refractivity contribution in [1.29, 1.82) is 0 Å². The number of nitrogens with zero attached hydrogens (tertiary/aromatic N) is 1. The lowest BCUT2D eigenvalue weighted by Gasteiger charge is -2.35. The summed E-state index contributed by atoms with van der Waals surface area (Å²) in [6.45, 7) is 5.28. The lowest BCUT2D eigenvalue weighted by Crippen LogP contribution is -2.46. The molecule has 0 bridgehead atoms. The molecule has 0 saturated carbocycles. The van der Waals surface area contributed by atoms with Crippen LogP contribution in [-0.2, 0) is 6.54 Å². The van der Waals surface area contributed by atoms with Crippen molar-refractivity contribution in [3.63, 3.8) is 0 Å². The molecule has 1 heterocycles. The molecule has 4 nitrogen and oxygen atoms in total. The molecule has 138 valence electrons. The Bertz CT molecular complexity index is 721. The molecule has 5 heteroatoms. The van der Waals surface area contributed by atoms with Crippen LogP contribution in [0.5, 0.6) is 5.75 Å². The van der Waals surface area contributed by atoms with E-state index in [0.29, 0.717) is 6.54 Å². The highest BCUT2D eigenvalue weighted by atomic mass is 32.2. The zero-order valence-corrected chi connectivity index (χ0v) is 16.2. The second-order valence-electron chi connectivity index (χ2n) is 6.67. The number of hydrogen-bond donors (Lipinski definition) is 1. The molecule has 2 aromatic carbocycles. The number of carbonyl (C=O) groups excluding carboxylic acids is 1. The van der Waals surface area contributed by atoms with Crippen molar-refractivity contribution in [2.45, 2.75) is 32.5 Å². The third kappa shape index (κ3) is 4.94. The quantitative estimate of drug-likeness (QED) is 0.844. The SMILES string of the molecule is CC(C)Oc1cccc(CNC(=O)N2CCSCC2c2ccccc2)c1. The molecule has 0 aliphatic carbocycles. The van der Waals surface area contributed by atoms with Crippen LogP contribution < -0.4 is 10.1 Å². The zero-order valence-electron chi connectivity index (χ0n) is 15.4. The summed E-state index contributed by atoms with van der Waals surface area (Å²) in [6, 6.07) is 18.3. The first-order chi connectivity index (χ1) is 12.6. The summed E-state index contributed by atoms with van der Waals surface area (Å²) in [5, 5.41) is 3.07. The van der Waals surface area contributed by atoms with Crippen LogP contribution in [0.4, 0.5) is 4.79 Å². The molecule has 2 amide bonds. The highest BCUT2D eigenvalue weighted by Gasteiger charge is 2.28. The fourth-order valence-corrected chi connectivity index (χ4v) is 4.17. The largest absolute Gasteiger partial charge is 0.491 e. The molecule has 1 fully saturated rings. The van der Waals surface area contributed by atoms with Crippen molar-refractivity contribution in [3.05, 3.63) is 65.7 Å². The number of amides is 2. The standard InChI is InChI=1S/C21H26N2O2S/c1-16(2)25-19-10-6-7-17(13-19)14-22-21(24)23-11-12-26-15-20(23)18-8-4-3-5-9-18/h3-10,13,16,20H,11-12,14-15H2,1-2H3,(H,22,24). The molecule has 1 unspecified atom stereocenters. The fraction of sp³-hybridized carbons (Fsp3) is 0.381. The zero-order chi connectivity index (χ0) is 18.4. The van der Waals surface area contributed by atoms with Crippen LogP contribution in [0.3, 0.4) is 0 Å². The molecule has 1 N–H and O–H groups in total. The molecule has 1 atom stereocenters. The topological polar surface area (TPSA) is 41.6 Å². The van der Waals surface area contributed by atoms with E-state index in [1.807, 2.05) is 73.0 Å². The van der Waals surface area contributed by atoms with Crippen LogP contribution in [0.1, 0.15) is 31.0 Å². The van der Waals surface area contributed by atoms with E-state index in [4.69, 9.17) is 4.74 Å². The monoisotopic (exact) mass is 370 g/mol. The first-order valence-electron chi connectivity index (χ1n) is 9.06. The van der Waals surface area contributed by atoms with Gasteiger partial charge in [-0.25, -0.2) is 4.79 Å². The minimum absolute atomic E-state index is 0.00525.